The van der Waals surface area contributed by atoms with Crippen LogP contribution >= 0.6 is 11.3 Å². The molecule has 1 spiro atoms. The molecule has 7 aromatic carbocycles. The van der Waals surface area contributed by atoms with Crippen LogP contribution in [0.25, 0.3) is 98.5 Å². The van der Waals surface area contributed by atoms with Crippen molar-refractivity contribution >= 4 is 53.4 Å². The van der Waals surface area contributed by atoms with Crippen molar-refractivity contribution in [1.29, 1.82) is 5.26 Å². The highest BCUT2D eigenvalue weighted by Crippen LogP contribution is 2.56. The Morgan fingerprint density at radius 1 is 0.500 bits per heavy atom. The Morgan fingerprint density at radius 3 is 2.05 bits per heavy atom. The van der Waals surface area contributed by atoms with Crippen LogP contribution < -0.4 is 0 Å². The van der Waals surface area contributed by atoms with Crippen molar-refractivity contribution in [1.82, 2.24) is 15.0 Å². The van der Waals surface area contributed by atoms with Crippen LogP contribution in [0.15, 0.2) is 150 Å². The van der Waals surface area contributed by atoms with E-state index in [0.717, 1.165) is 61.7 Å². The lowest BCUT2D eigenvalue weighted by molar-refractivity contribution is 0.353. The van der Waals surface area contributed by atoms with Gasteiger partial charge in [0.05, 0.1) is 11.6 Å². The topological polar surface area (TPSA) is 75.6 Å². The van der Waals surface area contributed by atoms with Crippen molar-refractivity contribution in [3.63, 3.8) is 0 Å². The second-order valence-corrected chi connectivity index (χ2v) is 16.8. The lowest BCUT2D eigenvalue weighted by Crippen LogP contribution is -2.28. The van der Waals surface area contributed by atoms with Gasteiger partial charge < -0.3 is 4.42 Å². The quantitative estimate of drug-likeness (QED) is 0.178. The molecule has 2 aliphatic carbocycles. The molecule has 0 aliphatic heterocycles. The van der Waals surface area contributed by atoms with Crippen molar-refractivity contribution in [3.8, 4) is 62.5 Å². The second kappa shape index (κ2) is 12.8. The van der Waals surface area contributed by atoms with E-state index in [1.807, 2.05) is 60.7 Å². The third kappa shape index (κ3) is 5.03. The molecule has 0 amide bonds. The number of fused-ring (bicyclic) bond motifs is 11. The van der Waals surface area contributed by atoms with Gasteiger partial charge in [-0.1, -0.05) is 110 Å². The lowest BCUT2D eigenvalue weighted by Gasteiger charge is -2.36. The second-order valence-electron chi connectivity index (χ2n) is 15.8. The lowest BCUT2D eigenvalue weighted by atomic mass is 9.67. The molecular formula is C52H34N4OS. The third-order valence-corrected chi connectivity index (χ3v) is 13.8. The molecule has 0 saturated heterocycles. The summed E-state index contributed by atoms with van der Waals surface area (Å²) in [5.74, 6) is 1.87. The average molecular weight is 763 g/mol. The molecule has 1 fully saturated rings. The molecule has 12 rings (SSSR count). The molecule has 58 heavy (non-hydrogen) atoms. The van der Waals surface area contributed by atoms with Crippen LogP contribution in [-0.2, 0) is 5.41 Å². The van der Waals surface area contributed by atoms with Crippen molar-refractivity contribution < 1.29 is 4.42 Å². The maximum absolute atomic E-state index is 9.80. The minimum Gasteiger partial charge on any atom is -0.456 e. The number of hydrogen-bond acceptors (Lipinski definition) is 6. The monoisotopic (exact) mass is 762 g/mol. The zero-order chi connectivity index (χ0) is 38.4. The summed E-state index contributed by atoms with van der Waals surface area (Å²) < 4.78 is 8.64. The number of thiophene rings is 1. The van der Waals surface area contributed by atoms with Gasteiger partial charge >= 0.3 is 0 Å². The van der Waals surface area contributed by atoms with E-state index in [-0.39, 0.29) is 5.41 Å². The number of benzene rings is 7. The molecule has 274 valence electrons. The van der Waals surface area contributed by atoms with Gasteiger partial charge in [-0.2, -0.15) is 5.26 Å². The molecule has 5 nitrogen and oxygen atoms in total. The zero-order valence-electron chi connectivity index (χ0n) is 31.5. The number of rotatable bonds is 4. The number of nitriles is 1. The molecule has 10 aromatic rings. The summed E-state index contributed by atoms with van der Waals surface area (Å²) in [5.41, 5.74) is 13.0. The Labute approximate surface area is 338 Å². The number of nitrogens with zero attached hydrogens (tertiary/aromatic N) is 4. The van der Waals surface area contributed by atoms with Crippen LogP contribution in [0.1, 0.15) is 48.8 Å². The van der Waals surface area contributed by atoms with Crippen molar-refractivity contribution in [2.45, 2.75) is 37.5 Å². The van der Waals surface area contributed by atoms with Gasteiger partial charge in [-0.25, -0.2) is 15.0 Å². The standard InChI is InChI=1S/C52H34N4OS/c53-30-31-16-20-36-37-21-17-34(28-44(37)52(43(36)26-31)24-7-2-8-25-52)33-19-23-47-42(27-33)40-13-9-14-41(48(40)58-47)51-55-49(32-10-3-1-4-11-32)54-50(56-51)35-18-22-39-38-12-5-6-15-45(38)57-46(39)29-35/h1,3-6,9-23,26-29H,2,7-8,24-25H2. The first-order valence-electron chi connectivity index (χ1n) is 20.0. The first-order chi connectivity index (χ1) is 28.6. The van der Waals surface area contributed by atoms with Gasteiger partial charge in [-0.3, -0.25) is 0 Å². The molecule has 6 heteroatoms. The molecule has 0 unspecified atom stereocenters. The highest BCUT2D eigenvalue weighted by Gasteiger charge is 2.44. The summed E-state index contributed by atoms with van der Waals surface area (Å²) in [7, 11) is 0. The van der Waals surface area contributed by atoms with E-state index in [2.05, 4.69) is 91.0 Å². The van der Waals surface area contributed by atoms with Crippen LogP contribution in [0.4, 0.5) is 0 Å². The van der Waals surface area contributed by atoms with Gasteiger partial charge in [0.2, 0.25) is 0 Å². The largest absolute Gasteiger partial charge is 0.456 e. The number of furan rings is 1. The summed E-state index contributed by atoms with van der Waals surface area (Å²) >= 11 is 1.79. The van der Waals surface area contributed by atoms with E-state index in [4.69, 9.17) is 19.4 Å². The maximum atomic E-state index is 9.80. The van der Waals surface area contributed by atoms with E-state index in [1.54, 1.807) is 11.3 Å². The van der Waals surface area contributed by atoms with E-state index in [0.29, 0.717) is 17.5 Å². The number of para-hydroxylation sites is 1. The molecule has 0 bridgehead atoms. The molecule has 2 aliphatic rings. The van der Waals surface area contributed by atoms with Crippen LogP contribution in [0.5, 0.6) is 0 Å². The first-order valence-corrected chi connectivity index (χ1v) is 20.8. The van der Waals surface area contributed by atoms with E-state index in [1.165, 1.54) is 68.1 Å². The van der Waals surface area contributed by atoms with E-state index < -0.39 is 0 Å². The molecule has 1 saturated carbocycles. The van der Waals surface area contributed by atoms with Crippen molar-refractivity contribution in [3.05, 3.63) is 162 Å². The summed E-state index contributed by atoms with van der Waals surface area (Å²) in [6.45, 7) is 0. The fraction of sp³-hybridized carbons (Fsp3) is 0.115. The first kappa shape index (κ1) is 33.2. The van der Waals surface area contributed by atoms with Gasteiger partial charge in [0, 0.05) is 53.1 Å². The Bertz CT molecular complexity index is 3350. The Balaban J connectivity index is 0.984. The third-order valence-electron chi connectivity index (χ3n) is 12.6. The van der Waals surface area contributed by atoms with E-state index >= 15 is 0 Å². The highest BCUT2D eigenvalue weighted by molar-refractivity contribution is 7.26. The van der Waals surface area contributed by atoms with Gasteiger partial charge in [-0.05, 0) is 101 Å². The predicted molar refractivity (Wildman–Crippen MR) is 236 cm³/mol. The molecule has 0 radical (unpaired) electrons. The van der Waals surface area contributed by atoms with Gasteiger partial charge in [0.15, 0.2) is 17.5 Å². The molecular weight excluding hydrogens is 729 g/mol. The Hall–Kier alpha value is -6.94. The van der Waals surface area contributed by atoms with Crippen molar-refractivity contribution in [2.75, 3.05) is 0 Å². The molecule has 3 heterocycles. The minimum absolute atomic E-state index is 0.0281. The van der Waals surface area contributed by atoms with Crippen LogP contribution in [-0.4, -0.2) is 15.0 Å². The predicted octanol–water partition coefficient (Wildman–Crippen LogP) is 13.9. The minimum atomic E-state index is -0.0281. The fourth-order valence-corrected chi connectivity index (χ4v) is 11.0. The smallest absolute Gasteiger partial charge is 0.165 e. The van der Waals surface area contributed by atoms with Crippen LogP contribution in [0, 0.1) is 11.3 Å². The van der Waals surface area contributed by atoms with Crippen molar-refractivity contribution in [2.24, 2.45) is 0 Å². The fourth-order valence-electron chi connectivity index (χ4n) is 9.80. The van der Waals surface area contributed by atoms with Crippen LogP contribution in [0.2, 0.25) is 0 Å². The number of hydrogen-bond donors (Lipinski definition) is 0. The Morgan fingerprint density at radius 2 is 1.19 bits per heavy atom. The SMILES string of the molecule is N#Cc1ccc2c(c1)C1(CCCCC1)c1cc(-c3ccc4sc5c(-c6nc(-c7ccccc7)nc(-c7ccc8c(c7)oc7ccccc78)n6)cccc5c4c3)ccc1-2. The summed E-state index contributed by atoms with van der Waals surface area (Å²) in [4.78, 5) is 15.3. The molecule has 0 N–H and O–H groups in total. The maximum Gasteiger partial charge on any atom is 0.165 e. The average Bonchev–Trinajstić information content (AvgIpc) is 3.94. The van der Waals surface area contributed by atoms with Gasteiger partial charge in [0.1, 0.15) is 11.2 Å². The summed E-state index contributed by atoms with van der Waals surface area (Å²) in [6.07, 6.45) is 5.94. The van der Waals surface area contributed by atoms with E-state index in [9.17, 15) is 5.26 Å². The summed E-state index contributed by atoms with van der Waals surface area (Å²) in [6, 6.07) is 53.6. The number of aromatic nitrogens is 3. The van der Waals surface area contributed by atoms with Gasteiger partial charge in [0.25, 0.3) is 0 Å². The zero-order valence-corrected chi connectivity index (χ0v) is 32.3. The van der Waals surface area contributed by atoms with Crippen LogP contribution in [0.3, 0.4) is 0 Å². The molecule has 0 atom stereocenters. The normalized spacial score (nSPS) is 14.3. The summed E-state index contributed by atoms with van der Waals surface area (Å²) in [5, 5.41) is 14.4. The van der Waals surface area contributed by atoms with Gasteiger partial charge in [-0.15, -0.1) is 11.3 Å². The molecule has 3 aromatic heterocycles. The Kier molecular flexibility index (Phi) is 7.33. The highest BCUT2D eigenvalue weighted by atomic mass is 32.1.